The summed E-state index contributed by atoms with van der Waals surface area (Å²) >= 11 is 0. The van der Waals surface area contributed by atoms with Gasteiger partial charge in [-0.1, -0.05) is 18.2 Å². The minimum absolute atomic E-state index is 0.621. The van der Waals surface area contributed by atoms with Crippen LogP contribution >= 0.6 is 0 Å². The molecule has 0 unspecified atom stereocenters. The lowest BCUT2D eigenvalue weighted by molar-refractivity contribution is 0.275. The Morgan fingerprint density at radius 3 is 2.50 bits per heavy atom. The topological polar surface area (TPSA) is 6.48 Å². The maximum atomic E-state index is 2.49. The third-order valence-electron chi connectivity index (χ3n) is 2.92. The lowest BCUT2D eigenvalue weighted by Crippen LogP contribution is -2.50. The summed E-state index contributed by atoms with van der Waals surface area (Å²) in [5.74, 6) is 0. The first-order valence-corrected chi connectivity index (χ1v) is 5.27. The van der Waals surface area contributed by atoms with E-state index in [2.05, 4.69) is 54.1 Å². The zero-order chi connectivity index (χ0) is 9.97. The molecule has 1 atom stereocenters. The zero-order valence-electron chi connectivity index (χ0n) is 8.98. The van der Waals surface area contributed by atoms with Crippen LogP contribution in [0.25, 0.3) is 0 Å². The van der Waals surface area contributed by atoms with Crippen LogP contribution in [-0.4, -0.2) is 37.6 Å². The molecule has 1 fully saturated rings. The van der Waals surface area contributed by atoms with Crippen molar-refractivity contribution >= 4 is 5.69 Å². The monoisotopic (exact) mass is 190 g/mol. The smallest absolute Gasteiger partial charge is 0.0389 e. The van der Waals surface area contributed by atoms with Gasteiger partial charge in [0.15, 0.2) is 0 Å². The second-order valence-corrected chi connectivity index (χ2v) is 4.14. The minimum atomic E-state index is 0.621. The zero-order valence-corrected chi connectivity index (χ0v) is 8.98. The standard InChI is InChI=1S/C12H18N2/c1-11-10-13(2)8-9-14(11)12-6-4-3-5-7-12/h3-7,11H,8-10H2,1-2H3/t11-/m0/s1. The number of para-hydroxylation sites is 1. The fourth-order valence-electron chi connectivity index (χ4n) is 2.14. The van der Waals surface area contributed by atoms with E-state index in [1.807, 2.05) is 0 Å². The molecular formula is C12H18N2. The summed E-state index contributed by atoms with van der Waals surface area (Å²) in [4.78, 5) is 4.88. The molecule has 1 aromatic carbocycles. The molecule has 0 radical (unpaired) electrons. The summed E-state index contributed by atoms with van der Waals surface area (Å²) in [7, 11) is 2.19. The lowest BCUT2D eigenvalue weighted by atomic mass is 10.1. The Balaban J connectivity index is 2.12. The minimum Gasteiger partial charge on any atom is -0.366 e. The number of hydrogen-bond donors (Lipinski definition) is 0. The van der Waals surface area contributed by atoms with Gasteiger partial charge in [0.1, 0.15) is 0 Å². The Morgan fingerprint density at radius 2 is 1.86 bits per heavy atom. The molecule has 0 aromatic heterocycles. The van der Waals surface area contributed by atoms with Crippen molar-refractivity contribution in [2.45, 2.75) is 13.0 Å². The number of benzene rings is 1. The molecule has 1 heterocycles. The highest BCUT2D eigenvalue weighted by atomic mass is 15.3. The molecule has 1 aromatic rings. The molecule has 1 aliphatic heterocycles. The Labute approximate surface area is 86.1 Å². The predicted molar refractivity (Wildman–Crippen MR) is 60.7 cm³/mol. The Hall–Kier alpha value is -1.02. The van der Waals surface area contributed by atoms with Crippen LogP contribution in [0.15, 0.2) is 30.3 Å². The van der Waals surface area contributed by atoms with Crippen LogP contribution in [0.1, 0.15) is 6.92 Å². The maximum absolute atomic E-state index is 2.49. The van der Waals surface area contributed by atoms with Crippen molar-refractivity contribution in [3.05, 3.63) is 30.3 Å². The first-order valence-electron chi connectivity index (χ1n) is 5.27. The molecule has 0 saturated carbocycles. The number of nitrogens with zero attached hydrogens (tertiary/aromatic N) is 2. The van der Waals surface area contributed by atoms with Crippen LogP contribution in [0.3, 0.4) is 0 Å². The predicted octanol–water partition coefficient (Wildman–Crippen LogP) is 1.83. The Kier molecular flexibility index (Phi) is 2.73. The maximum Gasteiger partial charge on any atom is 0.0389 e. The summed E-state index contributed by atoms with van der Waals surface area (Å²) in [6.07, 6.45) is 0. The summed E-state index contributed by atoms with van der Waals surface area (Å²) in [6, 6.07) is 11.3. The third kappa shape index (κ3) is 1.90. The SMILES string of the molecule is C[C@H]1CN(C)CCN1c1ccccc1. The van der Waals surface area contributed by atoms with Gasteiger partial charge in [0.2, 0.25) is 0 Å². The third-order valence-corrected chi connectivity index (χ3v) is 2.92. The van der Waals surface area contributed by atoms with Gasteiger partial charge in [-0.2, -0.15) is 0 Å². The van der Waals surface area contributed by atoms with E-state index in [0.29, 0.717) is 6.04 Å². The summed E-state index contributed by atoms with van der Waals surface area (Å²) in [6.45, 7) is 5.76. The van der Waals surface area contributed by atoms with Gasteiger partial charge in [0.25, 0.3) is 0 Å². The van der Waals surface area contributed by atoms with Gasteiger partial charge < -0.3 is 9.80 Å². The van der Waals surface area contributed by atoms with E-state index in [4.69, 9.17) is 0 Å². The molecular weight excluding hydrogens is 172 g/mol. The number of piperazine rings is 1. The van der Waals surface area contributed by atoms with E-state index in [0.717, 1.165) is 13.1 Å². The van der Waals surface area contributed by atoms with Crippen molar-refractivity contribution in [3.8, 4) is 0 Å². The van der Waals surface area contributed by atoms with E-state index >= 15 is 0 Å². The molecule has 2 nitrogen and oxygen atoms in total. The van der Waals surface area contributed by atoms with E-state index in [1.54, 1.807) is 0 Å². The molecule has 0 N–H and O–H groups in total. The molecule has 1 saturated heterocycles. The Morgan fingerprint density at radius 1 is 1.14 bits per heavy atom. The average molecular weight is 190 g/mol. The van der Waals surface area contributed by atoms with Crippen molar-refractivity contribution in [3.63, 3.8) is 0 Å². The molecule has 0 aliphatic carbocycles. The van der Waals surface area contributed by atoms with Gasteiger partial charge >= 0.3 is 0 Å². The van der Waals surface area contributed by atoms with Crippen LogP contribution in [0.2, 0.25) is 0 Å². The van der Waals surface area contributed by atoms with Crippen LogP contribution in [-0.2, 0) is 0 Å². The van der Waals surface area contributed by atoms with Crippen LogP contribution in [0, 0.1) is 0 Å². The largest absolute Gasteiger partial charge is 0.366 e. The highest BCUT2D eigenvalue weighted by molar-refractivity contribution is 5.47. The Bertz CT molecular complexity index is 284. The summed E-state index contributed by atoms with van der Waals surface area (Å²) < 4.78 is 0. The van der Waals surface area contributed by atoms with Gasteiger partial charge in [0, 0.05) is 31.4 Å². The second-order valence-electron chi connectivity index (χ2n) is 4.14. The van der Waals surface area contributed by atoms with E-state index in [1.165, 1.54) is 12.2 Å². The van der Waals surface area contributed by atoms with E-state index in [9.17, 15) is 0 Å². The highest BCUT2D eigenvalue weighted by Crippen LogP contribution is 2.18. The average Bonchev–Trinajstić information content (AvgIpc) is 2.19. The van der Waals surface area contributed by atoms with Crippen molar-refractivity contribution in [2.75, 3.05) is 31.6 Å². The second kappa shape index (κ2) is 4.01. The van der Waals surface area contributed by atoms with E-state index < -0.39 is 0 Å². The molecule has 2 rings (SSSR count). The van der Waals surface area contributed by atoms with Crippen molar-refractivity contribution in [1.29, 1.82) is 0 Å². The summed E-state index contributed by atoms with van der Waals surface area (Å²) in [5.41, 5.74) is 1.35. The van der Waals surface area contributed by atoms with Crippen LogP contribution in [0.4, 0.5) is 5.69 Å². The van der Waals surface area contributed by atoms with E-state index in [-0.39, 0.29) is 0 Å². The van der Waals surface area contributed by atoms with Gasteiger partial charge in [-0.15, -0.1) is 0 Å². The fraction of sp³-hybridized carbons (Fsp3) is 0.500. The van der Waals surface area contributed by atoms with Gasteiger partial charge in [-0.05, 0) is 26.1 Å². The normalized spacial score (nSPS) is 23.9. The number of anilines is 1. The van der Waals surface area contributed by atoms with Gasteiger partial charge in [-0.3, -0.25) is 0 Å². The molecule has 1 aliphatic rings. The number of rotatable bonds is 1. The summed E-state index contributed by atoms with van der Waals surface area (Å²) in [5, 5.41) is 0. The van der Waals surface area contributed by atoms with Crippen LogP contribution in [0.5, 0.6) is 0 Å². The lowest BCUT2D eigenvalue weighted by Gasteiger charge is -2.39. The fourth-order valence-corrected chi connectivity index (χ4v) is 2.14. The molecule has 2 heteroatoms. The first kappa shape index (κ1) is 9.53. The van der Waals surface area contributed by atoms with Crippen molar-refractivity contribution < 1.29 is 0 Å². The number of likely N-dealkylation sites (N-methyl/N-ethyl adjacent to an activating group) is 1. The number of hydrogen-bond acceptors (Lipinski definition) is 2. The van der Waals surface area contributed by atoms with Crippen LogP contribution < -0.4 is 4.90 Å². The van der Waals surface area contributed by atoms with Crippen molar-refractivity contribution in [1.82, 2.24) is 4.90 Å². The molecule has 76 valence electrons. The first-order chi connectivity index (χ1) is 6.77. The van der Waals surface area contributed by atoms with Gasteiger partial charge in [0.05, 0.1) is 0 Å². The van der Waals surface area contributed by atoms with Gasteiger partial charge in [-0.25, -0.2) is 0 Å². The molecule has 0 bridgehead atoms. The molecule has 0 spiro atoms. The van der Waals surface area contributed by atoms with Crippen molar-refractivity contribution in [2.24, 2.45) is 0 Å². The molecule has 14 heavy (non-hydrogen) atoms. The highest BCUT2D eigenvalue weighted by Gasteiger charge is 2.20. The quantitative estimate of drug-likeness (QED) is 0.666. The molecule has 0 amide bonds.